The van der Waals surface area contributed by atoms with Gasteiger partial charge in [0.05, 0.1) is 6.61 Å². The Morgan fingerprint density at radius 3 is 2.29 bits per heavy atom. The van der Waals surface area contributed by atoms with Crippen LogP contribution >= 0.6 is 0 Å². The molecule has 4 aromatic rings. The Bertz CT molecular complexity index is 1580. The van der Waals surface area contributed by atoms with Gasteiger partial charge in [-0.05, 0) is 52.1 Å². The van der Waals surface area contributed by atoms with E-state index in [2.05, 4.69) is 10.0 Å². The van der Waals surface area contributed by atoms with E-state index in [0.717, 1.165) is 16.7 Å². The zero-order valence-corrected chi connectivity index (χ0v) is 22.3. The molecule has 0 bridgehead atoms. The molecule has 5 rings (SSSR count). The van der Waals surface area contributed by atoms with Gasteiger partial charge in [-0.15, -0.1) is 0 Å². The summed E-state index contributed by atoms with van der Waals surface area (Å²) >= 11 is 0. The number of ether oxygens (including phenoxy) is 2. The van der Waals surface area contributed by atoms with Gasteiger partial charge in [0.15, 0.2) is 11.6 Å². The molecular formula is C32H29N5O4. The van der Waals surface area contributed by atoms with Crippen LogP contribution in [-0.2, 0) is 16.0 Å². The highest BCUT2D eigenvalue weighted by molar-refractivity contribution is 6.00. The first kappa shape index (κ1) is 27.5. The maximum absolute atomic E-state index is 13.3. The molecule has 0 fully saturated rings. The average molecular weight is 548 g/mol. The van der Waals surface area contributed by atoms with Crippen LogP contribution < -0.4 is 10.5 Å². The van der Waals surface area contributed by atoms with Crippen molar-refractivity contribution in [3.63, 3.8) is 0 Å². The molecule has 9 nitrogen and oxygen atoms in total. The molecule has 1 amide bonds. The van der Waals surface area contributed by atoms with Crippen LogP contribution in [0.3, 0.4) is 0 Å². The van der Waals surface area contributed by atoms with Gasteiger partial charge in [-0.3, -0.25) is 4.79 Å². The van der Waals surface area contributed by atoms with E-state index in [1.807, 2.05) is 54.6 Å². The lowest BCUT2D eigenvalue weighted by Crippen LogP contribution is -2.47. The van der Waals surface area contributed by atoms with Crippen molar-refractivity contribution in [2.24, 2.45) is 15.8 Å². The molecule has 0 radical (unpaired) electrons. The lowest BCUT2D eigenvalue weighted by atomic mass is 9.81. The van der Waals surface area contributed by atoms with Crippen LogP contribution in [0, 0.1) is 0 Å². The summed E-state index contributed by atoms with van der Waals surface area (Å²) in [4.78, 5) is 21.1. The lowest BCUT2D eigenvalue weighted by Gasteiger charge is -2.29. The first-order chi connectivity index (χ1) is 20.0. The van der Waals surface area contributed by atoms with Crippen molar-refractivity contribution in [3.8, 4) is 16.9 Å². The van der Waals surface area contributed by atoms with E-state index in [1.165, 1.54) is 0 Å². The topological polar surface area (TPSA) is 143 Å². The fraction of sp³-hybridized carbons (Fsp3) is 0.188. The van der Waals surface area contributed by atoms with Gasteiger partial charge in [0, 0.05) is 35.6 Å². The maximum atomic E-state index is 13.3. The van der Waals surface area contributed by atoms with Gasteiger partial charge in [0.1, 0.15) is 5.75 Å². The van der Waals surface area contributed by atoms with Crippen LogP contribution in [0.5, 0.6) is 5.75 Å². The molecule has 0 saturated carbocycles. The first-order valence-corrected chi connectivity index (χ1v) is 13.2. The summed E-state index contributed by atoms with van der Waals surface area (Å²) in [6.45, 7) is 0.443. The van der Waals surface area contributed by atoms with Gasteiger partial charge in [-0.2, -0.15) is 0 Å². The fourth-order valence-corrected chi connectivity index (χ4v) is 4.88. The number of carbonyl (C=O) groups excluding carboxylic acids is 1. The number of amides is 1. The molecule has 0 unspecified atom stereocenters. The Labute approximate surface area is 237 Å². The lowest BCUT2D eigenvalue weighted by molar-refractivity contribution is -0.125. The molecule has 9 heteroatoms. The number of carbonyl (C=O) groups is 1. The number of benzene rings is 4. The number of aliphatic hydroxyl groups excluding tert-OH is 1. The molecule has 1 aliphatic heterocycles. The summed E-state index contributed by atoms with van der Waals surface area (Å²) in [5, 5.41) is 12.8. The number of aliphatic hydroxyl groups is 1. The number of rotatable bonds is 11. The monoisotopic (exact) mass is 547 g/mol. The van der Waals surface area contributed by atoms with Gasteiger partial charge in [-0.25, -0.2) is 4.99 Å². The SMILES string of the molecule is [N-]=[N+]=Nc1ccccc1C[C@@]1(C(N)=O)N=C(c2ccc(OCCCO)cc2)O[C@@H]1c1ccc(-c2ccccc2)cc1. The summed E-state index contributed by atoms with van der Waals surface area (Å²) in [6, 6.07) is 32.0. The normalized spacial score (nSPS) is 17.7. The molecule has 1 aliphatic rings. The minimum Gasteiger partial charge on any atom is -0.494 e. The molecule has 0 aliphatic carbocycles. The van der Waals surface area contributed by atoms with Crippen LogP contribution in [0.25, 0.3) is 21.6 Å². The van der Waals surface area contributed by atoms with Gasteiger partial charge in [0.2, 0.25) is 11.8 Å². The van der Waals surface area contributed by atoms with Crippen LogP contribution in [0.2, 0.25) is 0 Å². The number of hydrogen-bond donors (Lipinski definition) is 2. The van der Waals surface area contributed by atoms with Crippen molar-refractivity contribution in [2.45, 2.75) is 24.5 Å². The van der Waals surface area contributed by atoms with Crippen LogP contribution in [0.1, 0.15) is 29.2 Å². The van der Waals surface area contributed by atoms with Gasteiger partial charge in [-0.1, -0.05) is 84.0 Å². The summed E-state index contributed by atoms with van der Waals surface area (Å²) in [7, 11) is 0. The summed E-state index contributed by atoms with van der Waals surface area (Å²) < 4.78 is 12.1. The Hall–Kier alpha value is -5.11. The van der Waals surface area contributed by atoms with E-state index in [0.29, 0.717) is 35.6 Å². The Morgan fingerprint density at radius 2 is 1.61 bits per heavy atom. The van der Waals surface area contributed by atoms with E-state index >= 15 is 0 Å². The van der Waals surface area contributed by atoms with Gasteiger partial charge < -0.3 is 20.3 Å². The summed E-state index contributed by atoms with van der Waals surface area (Å²) in [6.07, 6.45) is -0.241. The average Bonchev–Trinajstić information content (AvgIpc) is 3.40. The van der Waals surface area contributed by atoms with E-state index in [4.69, 9.17) is 30.8 Å². The van der Waals surface area contributed by atoms with Crippen molar-refractivity contribution in [1.29, 1.82) is 0 Å². The van der Waals surface area contributed by atoms with Crippen LogP contribution in [-0.4, -0.2) is 35.7 Å². The third kappa shape index (κ3) is 5.91. The smallest absolute Gasteiger partial charge is 0.250 e. The van der Waals surface area contributed by atoms with Crippen molar-refractivity contribution < 1.29 is 19.4 Å². The molecule has 206 valence electrons. The highest BCUT2D eigenvalue weighted by Gasteiger charge is 2.52. The van der Waals surface area contributed by atoms with E-state index in [-0.39, 0.29) is 18.9 Å². The van der Waals surface area contributed by atoms with Gasteiger partial charge in [0.25, 0.3) is 0 Å². The largest absolute Gasteiger partial charge is 0.494 e. The molecule has 2 atom stereocenters. The summed E-state index contributed by atoms with van der Waals surface area (Å²) in [5.74, 6) is 0.242. The van der Waals surface area contributed by atoms with Crippen LogP contribution in [0.15, 0.2) is 113 Å². The predicted octanol–water partition coefficient (Wildman–Crippen LogP) is 6.04. The standard InChI is InChI=1S/C32H29N5O4/c33-31(39)32(21-26-9-4-5-10-28(26)36-37-34)29(24-13-11-23(12-14-24)22-7-2-1-3-8-22)41-30(35-32)25-15-17-27(18-16-25)40-20-6-19-38/h1-5,7-18,29,38H,6,19-21H2,(H2,33,39)/t29-,32-/m1/s1. The zero-order chi connectivity index (χ0) is 28.7. The molecule has 3 N–H and O–H groups in total. The second-order valence-corrected chi connectivity index (χ2v) is 9.64. The molecule has 0 saturated heterocycles. The first-order valence-electron chi connectivity index (χ1n) is 13.2. The highest BCUT2D eigenvalue weighted by Crippen LogP contribution is 2.43. The number of hydrogen-bond acceptors (Lipinski definition) is 6. The van der Waals surface area contributed by atoms with Crippen molar-refractivity contribution in [3.05, 3.63) is 130 Å². The predicted molar refractivity (Wildman–Crippen MR) is 157 cm³/mol. The fourth-order valence-electron chi connectivity index (χ4n) is 4.88. The number of nitrogens with two attached hydrogens (primary N) is 1. The van der Waals surface area contributed by atoms with E-state index < -0.39 is 17.6 Å². The molecule has 41 heavy (non-hydrogen) atoms. The Morgan fingerprint density at radius 1 is 0.951 bits per heavy atom. The number of nitrogens with zero attached hydrogens (tertiary/aromatic N) is 4. The maximum Gasteiger partial charge on any atom is 0.250 e. The molecule has 0 aromatic heterocycles. The third-order valence-corrected chi connectivity index (χ3v) is 6.99. The second kappa shape index (κ2) is 12.4. The molecule has 0 spiro atoms. The van der Waals surface area contributed by atoms with Crippen LogP contribution in [0.4, 0.5) is 5.69 Å². The Kier molecular flexibility index (Phi) is 8.29. The quantitative estimate of drug-likeness (QED) is 0.102. The Balaban J connectivity index is 1.55. The van der Waals surface area contributed by atoms with Crippen molar-refractivity contribution in [1.82, 2.24) is 0 Å². The van der Waals surface area contributed by atoms with E-state index in [1.54, 1.807) is 48.5 Å². The minimum absolute atomic E-state index is 0.0501. The van der Waals surface area contributed by atoms with E-state index in [9.17, 15) is 4.79 Å². The number of primary amides is 1. The number of aliphatic imine (C=N–C) groups is 1. The second-order valence-electron chi connectivity index (χ2n) is 9.64. The summed E-state index contributed by atoms with van der Waals surface area (Å²) in [5.41, 5.74) is 18.2. The third-order valence-electron chi connectivity index (χ3n) is 6.99. The molecule has 4 aromatic carbocycles. The molecule has 1 heterocycles. The minimum atomic E-state index is -1.51. The molecular weight excluding hydrogens is 518 g/mol. The highest BCUT2D eigenvalue weighted by atomic mass is 16.5. The van der Waals surface area contributed by atoms with Crippen molar-refractivity contribution >= 4 is 17.5 Å². The van der Waals surface area contributed by atoms with Crippen molar-refractivity contribution in [2.75, 3.05) is 13.2 Å². The zero-order valence-electron chi connectivity index (χ0n) is 22.3. The van der Waals surface area contributed by atoms with Gasteiger partial charge >= 0.3 is 0 Å². The number of azide groups is 1.